The number of primary amides is 1. The van der Waals surface area contributed by atoms with Crippen LogP contribution in [-0.4, -0.2) is 35.5 Å². The second kappa shape index (κ2) is 5.86. The summed E-state index contributed by atoms with van der Waals surface area (Å²) in [6, 6.07) is 0. The van der Waals surface area contributed by atoms with Crippen LogP contribution in [0, 0.1) is 12.8 Å². The van der Waals surface area contributed by atoms with Crippen molar-refractivity contribution in [3.8, 4) is 0 Å². The van der Waals surface area contributed by atoms with Crippen molar-refractivity contribution >= 4 is 17.5 Å². The van der Waals surface area contributed by atoms with Gasteiger partial charge in [-0.15, -0.1) is 0 Å². The first-order valence-corrected chi connectivity index (χ1v) is 6.73. The van der Waals surface area contributed by atoms with E-state index in [0.29, 0.717) is 6.54 Å². The van der Waals surface area contributed by atoms with Crippen molar-refractivity contribution in [1.82, 2.24) is 9.97 Å². The number of hydrogen-bond acceptors (Lipinski definition) is 5. The molecular weight excluding hydrogens is 242 g/mol. The van der Waals surface area contributed by atoms with Crippen LogP contribution in [-0.2, 0) is 4.79 Å². The molecule has 1 aliphatic heterocycles. The zero-order valence-corrected chi connectivity index (χ0v) is 11.5. The Balaban J connectivity index is 2.21. The van der Waals surface area contributed by atoms with E-state index in [9.17, 15) is 4.79 Å². The van der Waals surface area contributed by atoms with Crippen LogP contribution in [0.3, 0.4) is 0 Å². The topological polar surface area (TPSA) is 84.1 Å². The molecule has 104 valence electrons. The monoisotopic (exact) mass is 263 g/mol. The number of nitrogens with two attached hydrogens (primary N) is 1. The molecule has 0 radical (unpaired) electrons. The molecule has 1 atom stereocenters. The summed E-state index contributed by atoms with van der Waals surface area (Å²) >= 11 is 0. The third-order valence-electron chi connectivity index (χ3n) is 3.52. The fraction of sp³-hybridized carbons (Fsp3) is 0.615. The number of piperidine rings is 1. The van der Waals surface area contributed by atoms with Gasteiger partial charge in [0.05, 0.1) is 5.92 Å². The molecule has 1 amide bonds. The van der Waals surface area contributed by atoms with E-state index in [0.717, 1.165) is 43.1 Å². The van der Waals surface area contributed by atoms with Crippen LogP contribution in [0.5, 0.6) is 0 Å². The molecule has 1 saturated heterocycles. The minimum Gasteiger partial charge on any atom is -0.370 e. The Kier molecular flexibility index (Phi) is 4.19. The van der Waals surface area contributed by atoms with Crippen molar-refractivity contribution < 1.29 is 4.79 Å². The summed E-state index contributed by atoms with van der Waals surface area (Å²) in [5.41, 5.74) is 6.44. The van der Waals surface area contributed by atoms with Gasteiger partial charge in [0.25, 0.3) is 0 Å². The molecule has 1 aliphatic rings. The Morgan fingerprint density at radius 3 is 3.05 bits per heavy atom. The highest BCUT2D eigenvalue weighted by Gasteiger charge is 2.26. The molecule has 0 aliphatic carbocycles. The molecule has 0 spiro atoms. The maximum Gasteiger partial charge on any atom is 0.222 e. The van der Waals surface area contributed by atoms with E-state index < -0.39 is 0 Å². The number of amides is 1. The molecule has 3 N–H and O–H groups in total. The average Bonchev–Trinajstić information content (AvgIpc) is 2.41. The van der Waals surface area contributed by atoms with Crippen molar-refractivity contribution in [3.05, 3.63) is 11.9 Å². The third kappa shape index (κ3) is 2.94. The van der Waals surface area contributed by atoms with Crippen LogP contribution < -0.4 is 16.0 Å². The quantitative estimate of drug-likeness (QED) is 0.844. The molecule has 2 rings (SSSR count). The molecular formula is C13H21N5O. The minimum absolute atomic E-state index is 0.0781. The number of anilines is 2. The summed E-state index contributed by atoms with van der Waals surface area (Å²) in [7, 11) is 0. The molecule has 0 aromatic carbocycles. The Bertz CT molecular complexity index is 462. The van der Waals surface area contributed by atoms with Crippen LogP contribution in [0.25, 0.3) is 0 Å². The lowest BCUT2D eigenvalue weighted by molar-refractivity contribution is -0.122. The first-order chi connectivity index (χ1) is 9.13. The molecule has 0 bridgehead atoms. The van der Waals surface area contributed by atoms with Crippen LogP contribution in [0.2, 0.25) is 0 Å². The third-order valence-corrected chi connectivity index (χ3v) is 3.52. The summed E-state index contributed by atoms with van der Waals surface area (Å²) in [5, 5.41) is 3.22. The van der Waals surface area contributed by atoms with E-state index >= 15 is 0 Å². The smallest absolute Gasteiger partial charge is 0.222 e. The molecule has 1 aromatic heterocycles. The molecule has 19 heavy (non-hydrogen) atoms. The summed E-state index contributed by atoms with van der Waals surface area (Å²) in [4.78, 5) is 22.1. The normalized spacial score (nSPS) is 19.3. The van der Waals surface area contributed by atoms with Gasteiger partial charge in [-0.3, -0.25) is 4.79 Å². The van der Waals surface area contributed by atoms with E-state index in [1.165, 1.54) is 0 Å². The molecule has 0 saturated carbocycles. The van der Waals surface area contributed by atoms with Crippen molar-refractivity contribution in [2.24, 2.45) is 11.7 Å². The average molecular weight is 263 g/mol. The zero-order valence-electron chi connectivity index (χ0n) is 11.5. The Morgan fingerprint density at radius 2 is 2.37 bits per heavy atom. The lowest BCUT2D eigenvalue weighted by Gasteiger charge is -2.33. The molecule has 6 heteroatoms. The molecule has 1 fully saturated rings. The van der Waals surface area contributed by atoms with Gasteiger partial charge in [-0.05, 0) is 26.7 Å². The summed E-state index contributed by atoms with van der Waals surface area (Å²) in [6.07, 6.45) is 3.40. The molecule has 2 heterocycles. The van der Waals surface area contributed by atoms with Gasteiger partial charge in [-0.25, -0.2) is 9.97 Å². The van der Waals surface area contributed by atoms with Crippen LogP contribution in [0.1, 0.15) is 25.3 Å². The van der Waals surface area contributed by atoms with E-state index in [1.807, 2.05) is 13.8 Å². The van der Waals surface area contributed by atoms with Crippen LogP contribution in [0.15, 0.2) is 6.33 Å². The second-order valence-electron chi connectivity index (χ2n) is 4.89. The van der Waals surface area contributed by atoms with Crippen LogP contribution in [0.4, 0.5) is 11.6 Å². The number of hydrogen-bond donors (Lipinski definition) is 2. The van der Waals surface area contributed by atoms with Gasteiger partial charge in [0.1, 0.15) is 18.0 Å². The number of carbonyl (C=O) groups is 1. The summed E-state index contributed by atoms with van der Waals surface area (Å²) in [6.45, 7) is 6.42. The van der Waals surface area contributed by atoms with Crippen molar-refractivity contribution in [2.45, 2.75) is 26.7 Å². The predicted octanol–water partition coefficient (Wildman–Crippen LogP) is 0.919. The lowest BCUT2D eigenvalue weighted by Crippen LogP contribution is -2.41. The van der Waals surface area contributed by atoms with Gasteiger partial charge in [-0.2, -0.15) is 0 Å². The fourth-order valence-electron chi connectivity index (χ4n) is 2.51. The molecule has 1 aromatic rings. The Hall–Kier alpha value is -1.85. The number of aromatic nitrogens is 2. The first-order valence-electron chi connectivity index (χ1n) is 6.73. The number of nitrogens with zero attached hydrogens (tertiary/aromatic N) is 3. The maximum absolute atomic E-state index is 11.3. The predicted molar refractivity (Wildman–Crippen MR) is 75.1 cm³/mol. The van der Waals surface area contributed by atoms with Crippen LogP contribution >= 0.6 is 0 Å². The number of carbonyl (C=O) groups excluding carboxylic acids is 1. The SMILES string of the molecule is CCNc1ncnc(N2CCCC(C(N)=O)C2)c1C. The second-order valence-corrected chi connectivity index (χ2v) is 4.89. The highest BCUT2D eigenvalue weighted by Crippen LogP contribution is 2.26. The first kappa shape index (κ1) is 13.6. The van der Waals surface area contributed by atoms with Gasteiger partial charge < -0.3 is 16.0 Å². The largest absolute Gasteiger partial charge is 0.370 e. The summed E-state index contributed by atoms with van der Waals surface area (Å²) in [5.74, 6) is 1.46. The van der Waals surface area contributed by atoms with Gasteiger partial charge in [-0.1, -0.05) is 0 Å². The maximum atomic E-state index is 11.3. The highest BCUT2D eigenvalue weighted by molar-refractivity contribution is 5.77. The van der Waals surface area contributed by atoms with Gasteiger partial charge in [0.15, 0.2) is 0 Å². The Labute approximate surface area is 113 Å². The minimum atomic E-state index is -0.219. The Morgan fingerprint density at radius 1 is 1.58 bits per heavy atom. The standard InChI is InChI=1S/C13H21N5O/c1-3-15-12-9(2)13(17-8-16-12)18-6-4-5-10(7-18)11(14)19/h8,10H,3-7H2,1-2H3,(H2,14,19)(H,15,16,17). The molecule has 6 nitrogen and oxygen atoms in total. The zero-order chi connectivity index (χ0) is 13.8. The van der Waals surface area contributed by atoms with Crippen molar-refractivity contribution in [2.75, 3.05) is 29.9 Å². The van der Waals surface area contributed by atoms with Gasteiger partial charge in [0.2, 0.25) is 5.91 Å². The number of rotatable bonds is 4. The van der Waals surface area contributed by atoms with E-state index in [2.05, 4.69) is 20.2 Å². The highest BCUT2D eigenvalue weighted by atomic mass is 16.1. The number of nitrogens with one attached hydrogen (secondary N) is 1. The van der Waals surface area contributed by atoms with E-state index in [1.54, 1.807) is 6.33 Å². The lowest BCUT2D eigenvalue weighted by atomic mass is 9.97. The van der Waals surface area contributed by atoms with Crippen molar-refractivity contribution in [1.29, 1.82) is 0 Å². The van der Waals surface area contributed by atoms with Gasteiger partial charge in [0, 0.05) is 25.2 Å². The fourth-order valence-corrected chi connectivity index (χ4v) is 2.51. The molecule has 1 unspecified atom stereocenters. The van der Waals surface area contributed by atoms with Crippen molar-refractivity contribution in [3.63, 3.8) is 0 Å². The summed E-state index contributed by atoms with van der Waals surface area (Å²) < 4.78 is 0. The van der Waals surface area contributed by atoms with Gasteiger partial charge >= 0.3 is 0 Å². The van der Waals surface area contributed by atoms with E-state index in [-0.39, 0.29) is 11.8 Å². The van der Waals surface area contributed by atoms with E-state index in [4.69, 9.17) is 5.73 Å².